The summed E-state index contributed by atoms with van der Waals surface area (Å²) >= 11 is 0. The average molecular weight is 338 g/mol. The summed E-state index contributed by atoms with van der Waals surface area (Å²) in [7, 11) is 0. The predicted octanol–water partition coefficient (Wildman–Crippen LogP) is 3.51. The molecule has 1 aliphatic carbocycles. The Morgan fingerprint density at radius 1 is 1.16 bits per heavy atom. The summed E-state index contributed by atoms with van der Waals surface area (Å²) in [4.78, 5) is 18.0. The zero-order valence-corrected chi connectivity index (χ0v) is 13.7. The van der Waals surface area contributed by atoms with Crippen molar-refractivity contribution in [2.45, 2.75) is 37.3 Å². The summed E-state index contributed by atoms with van der Waals surface area (Å²) in [6.45, 7) is 0. The molecule has 128 valence electrons. The second-order valence-electron chi connectivity index (χ2n) is 6.64. The molecule has 25 heavy (non-hydrogen) atoms. The van der Waals surface area contributed by atoms with Gasteiger partial charge in [0.25, 0.3) is 5.91 Å². The van der Waals surface area contributed by atoms with Gasteiger partial charge in [0.15, 0.2) is 0 Å². The van der Waals surface area contributed by atoms with Crippen molar-refractivity contribution < 1.29 is 14.0 Å². The average Bonchev–Trinajstić information content (AvgIpc) is 3.09. The van der Waals surface area contributed by atoms with Crippen LogP contribution in [0.1, 0.15) is 36.8 Å². The van der Waals surface area contributed by atoms with E-state index >= 15 is 0 Å². The van der Waals surface area contributed by atoms with Crippen LogP contribution >= 0.6 is 0 Å². The van der Waals surface area contributed by atoms with E-state index < -0.39 is 6.10 Å². The maximum atomic E-state index is 13.4. The Labute approximate surface area is 145 Å². The molecule has 1 saturated carbocycles. The van der Waals surface area contributed by atoms with Crippen LogP contribution in [0.25, 0.3) is 0 Å². The molecule has 1 atom stereocenters. The topological polar surface area (TPSA) is 50.7 Å². The van der Waals surface area contributed by atoms with Gasteiger partial charge in [-0.25, -0.2) is 4.39 Å². The van der Waals surface area contributed by atoms with Gasteiger partial charge < -0.3 is 10.2 Å². The number of hydrogen-bond acceptors (Lipinski definition) is 3. The monoisotopic (exact) mass is 338 g/mol. The van der Waals surface area contributed by atoms with Gasteiger partial charge in [0.2, 0.25) is 6.10 Å². The van der Waals surface area contributed by atoms with Crippen LogP contribution in [-0.2, 0) is 15.2 Å². The minimum atomic E-state index is -0.667. The molecule has 1 fully saturated rings. The van der Waals surface area contributed by atoms with Crippen LogP contribution in [0.3, 0.4) is 0 Å². The minimum absolute atomic E-state index is 0.168. The first-order valence-electron chi connectivity index (χ1n) is 8.52. The lowest BCUT2D eigenvalue weighted by Crippen LogP contribution is -2.53. The van der Waals surface area contributed by atoms with Gasteiger partial charge in [0.05, 0.1) is 11.3 Å². The molecule has 0 spiro atoms. The SMILES string of the molecule is O=C(NC1(c2ccccc2)CCC1)[C@@H]1CC(c2cccc(F)c2)=NO1. The fourth-order valence-corrected chi connectivity index (χ4v) is 3.45. The Morgan fingerprint density at radius 2 is 1.96 bits per heavy atom. The first-order chi connectivity index (χ1) is 12.2. The normalized spacial score (nSPS) is 21.0. The van der Waals surface area contributed by atoms with Gasteiger partial charge in [0.1, 0.15) is 5.82 Å². The Kier molecular flexibility index (Phi) is 3.99. The molecule has 0 aromatic heterocycles. The standard InChI is InChI=1S/C20H19FN2O2/c21-16-9-4-6-14(12-16)17-13-18(25-23-17)19(24)22-20(10-5-11-20)15-7-2-1-3-8-15/h1-4,6-9,12,18H,5,10-11,13H2,(H,22,24)/t18-/m0/s1. The number of rotatable bonds is 4. The van der Waals surface area contributed by atoms with Gasteiger partial charge in [0, 0.05) is 12.0 Å². The van der Waals surface area contributed by atoms with E-state index in [0.29, 0.717) is 17.7 Å². The van der Waals surface area contributed by atoms with Crippen molar-refractivity contribution in [1.29, 1.82) is 0 Å². The zero-order chi connectivity index (χ0) is 17.3. The summed E-state index contributed by atoms with van der Waals surface area (Å²) in [6, 6.07) is 16.2. The van der Waals surface area contributed by atoms with Gasteiger partial charge in [-0.05, 0) is 37.0 Å². The molecular weight excluding hydrogens is 319 g/mol. The lowest BCUT2D eigenvalue weighted by Gasteiger charge is -2.43. The van der Waals surface area contributed by atoms with Crippen LogP contribution in [0.2, 0.25) is 0 Å². The number of carbonyl (C=O) groups excluding carboxylic acids is 1. The Hall–Kier alpha value is -2.69. The molecule has 4 rings (SSSR count). The molecule has 2 aromatic rings. The fourth-order valence-electron chi connectivity index (χ4n) is 3.45. The first-order valence-corrected chi connectivity index (χ1v) is 8.52. The fraction of sp³-hybridized carbons (Fsp3) is 0.300. The van der Waals surface area contributed by atoms with E-state index in [1.807, 2.05) is 30.3 Å². The predicted molar refractivity (Wildman–Crippen MR) is 92.5 cm³/mol. The third kappa shape index (κ3) is 3.02. The van der Waals surface area contributed by atoms with Crippen molar-refractivity contribution >= 4 is 11.6 Å². The number of hydrogen-bond donors (Lipinski definition) is 1. The highest BCUT2D eigenvalue weighted by Gasteiger charge is 2.42. The second kappa shape index (κ2) is 6.31. The van der Waals surface area contributed by atoms with Crippen LogP contribution in [-0.4, -0.2) is 17.7 Å². The lowest BCUT2D eigenvalue weighted by atomic mass is 9.71. The Balaban J connectivity index is 1.44. The largest absolute Gasteiger partial charge is 0.382 e. The van der Waals surface area contributed by atoms with E-state index in [1.54, 1.807) is 12.1 Å². The number of halogens is 1. The number of amides is 1. The number of oxime groups is 1. The molecule has 2 aliphatic rings. The summed E-state index contributed by atoms with van der Waals surface area (Å²) in [5, 5.41) is 7.15. The van der Waals surface area contributed by atoms with Gasteiger partial charge in [-0.1, -0.05) is 47.6 Å². The van der Waals surface area contributed by atoms with E-state index in [-0.39, 0.29) is 17.3 Å². The molecule has 0 bridgehead atoms. The first kappa shape index (κ1) is 15.8. The third-order valence-electron chi connectivity index (χ3n) is 5.02. The van der Waals surface area contributed by atoms with Crippen molar-refractivity contribution in [3.05, 3.63) is 71.5 Å². The number of carbonyl (C=O) groups is 1. The third-order valence-corrected chi connectivity index (χ3v) is 5.02. The maximum absolute atomic E-state index is 13.4. The summed E-state index contributed by atoms with van der Waals surface area (Å²) in [5.74, 6) is -0.496. The highest BCUT2D eigenvalue weighted by Crippen LogP contribution is 2.41. The maximum Gasteiger partial charge on any atom is 0.265 e. The lowest BCUT2D eigenvalue weighted by molar-refractivity contribution is -0.134. The van der Waals surface area contributed by atoms with E-state index in [0.717, 1.165) is 24.8 Å². The molecule has 2 aromatic carbocycles. The Morgan fingerprint density at radius 3 is 2.64 bits per heavy atom. The Bertz CT molecular complexity index is 815. The number of benzene rings is 2. The van der Waals surface area contributed by atoms with Crippen LogP contribution in [0, 0.1) is 5.82 Å². The minimum Gasteiger partial charge on any atom is -0.382 e. The van der Waals surface area contributed by atoms with Crippen LogP contribution in [0.4, 0.5) is 4.39 Å². The number of nitrogens with one attached hydrogen (secondary N) is 1. The number of nitrogens with zero attached hydrogens (tertiary/aromatic N) is 1. The van der Waals surface area contributed by atoms with Crippen molar-refractivity contribution in [3.8, 4) is 0 Å². The summed E-state index contributed by atoms with van der Waals surface area (Å²) in [5.41, 5.74) is 2.07. The van der Waals surface area contributed by atoms with Crippen molar-refractivity contribution in [2.75, 3.05) is 0 Å². The van der Waals surface area contributed by atoms with Crippen molar-refractivity contribution in [3.63, 3.8) is 0 Å². The quantitative estimate of drug-likeness (QED) is 0.927. The van der Waals surface area contributed by atoms with Gasteiger partial charge in [-0.3, -0.25) is 4.79 Å². The smallest absolute Gasteiger partial charge is 0.265 e. The molecule has 1 amide bonds. The molecular formula is C20H19FN2O2. The van der Waals surface area contributed by atoms with Crippen LogP contribution in [0.5, 0.6) is 0 Å². The van der Waals surface area contributed by atoms with E-state index in [2.05, 4.69) is 10.5 Å². The molecule has 0 radical (unpaired) electrons. The molecule has 0 unspecified atom stereocenters. The van der Waals surface area contributed by atoms with Gasteiger partial charge in [-0.15, -0.1) is 0 Å². The summed E-state index contributed by atoms with van der Waals surface area (Å²) < 4.78 is 13.4. The van der Waals surface area contributed by atoms with Crippen molar-refractivity contribution in [2.24, 2.45) is 5.16 Å². The summed E-state index contributed by atoms with van der Waals surface area (Å²) in [6.07, 6.45) is 2.62. The molecule has 1 aliphatic heterocycles. The van der Waals surface area contributed by atoms with E-state index in [9.17, 15) is 9.18 Å². The highest BCUT2D eigenvalue weighted by atomic mass is 19.1. The second-order valence-corrected chi connectivity index (χ2v) is 6.64. The van der Waals surface area contributed by atoms with Crippen LogP contribution in [0.15, 0.2) is 59.8 Å². The van der Waals surface area contributed by atoms with Crippen molar-refractivity contribution in [1.82, 2.24) is 5.32 Å². The molecule has 5 heteroatoms. The molecule has 1 N–H and O–H groups in total. The zero-order valence-electron chi connectivity index (χ0n) is 13.7. The van der Waals surface area contributed by atoms with E-state index in [4.69, 9.17) is 4.84 Å². The molecule has 1 heterocycles. The van der Waals surface area contributed by atoms with Gasteiger partial charge >= 0.3 is 0 Å². The van der Waals surface area contributed by atoms with Crippen LogP contribution < -0.4 is 5.32 Å². The highest BCUT2D eigenvalue weighted by molar-refractivity contribution is 6.04. The molecule has 0 saturated heterocycles. The molecule has 4 nitrogen and oxygen atoms in total. The van der Waals surface area contributed by atoms with E-state index in [1.165, 1.54) is 12.1 Å². The van der Waals surface area contributed by atoms with Gasteiger partial charge in [-0.2, -0.15) is 0 Å².